The maximum Gasteiger partial charge on any atom is 0.117 e. The number of hydrogen-bond acceptors (Lipinski definition) is 4. The topological polar surface area (TPSA) is 50.9 Å². The Hall–Kier alpha value is -1.13. The van der Waals surface area contributed by atoms with E-state index in [2.05, 4.69) is 27.9 Å². The Balaban J connectivity index is 1.66. The lowest BCUT2D eigenvalue weighted by molar-refractivity contribution is 0.335. The summed E-state index contributed by atoms with van der Waals surface area (Å²) in [6.45, 7) is 1.03. The summed E-state index contributed by atoms with van der Waals surface area (Å²) in [5, 5.41) is 6.00. The molecule has 1 aromatic carbocycles. The molecule has 1 aliphatic carbocycles. The fourth-order valence-corrected chi connectivity index (χ4v) is 3.54. The van der Waals surface area contributed by atoms with Gasteiger partial charge in [0.25, 0.3) is 0 Å². The summed E-state index contributed by atoms with van der Waals surface area (Å²) in [6.07, 6.45) is 4.93. The lowest BCUT2D eigenvalue weighted by Crippen LogP contribution is -2.30. The van der Waals surface area contributed by atoms with Gasteiger partial charge in [-0.2, -0.15) is 4.37 Å². The molecule has 96 valence electrons. The van der Waals surface area contributed by atoms with Crippen LogP contribution >= 0.6 is 11.5 Å². The molecule has 1 heterocycles. The standard InChI is InChI=1S/C14H19N3S/c15-11-5-3-4-10(8-11)9-16-14-12-6-1-2-7-13(12)17-18-14/h1-2,6-7,10-11,16H,3-5,8-9,15H2. The first-order chi connectivity index (χ1) is 8.83. The minimum atomic E-state index is 0.406. The first kappa shape index (κ1) is 11.9. The summed E-state index contributed by atoms with van der Waals surface area (Å²) >= 11 is 1.56. The van der Waals surface area contributed by atoms with E-state index in [1.807, 2.05) is 6.07 Å². The van der Waals surface area contributed by atoms with Gasteiger partial charge in [0.05, 0.1) is 5.52 Å². The number of nitrogens with one attached hydrogen (secondary N) is 1. The van der Waals surface area contributed by atoms with Crippen molar-refractivity contribution in [2.45, 2.75) is 31.7 Å². The molecule has 3 nitrogen and oxygen atoms in total. The lowest BCUT2D eigenvalue weighted by Gasteiger charge is -2.26. The van der Waals surface area contributed by atoms with E-state index in [-0.39, 0.29) is 0 Å². The quantitative estimate of drug-likeness (QED) is 0.892. The van der Waals surface area contributed by atoms with E-state index in [4.69, 9.17) is 5.73 Å². The third-order valence-corrected chi connectivity index (χ3v) is 4.59. The average molecular weight is 261 g/mol. The first-order valence-electron chi connectivity index (χ1n) is 6.67. The summed E-state index contributed by atoms with van der Waals surface area (Å²) in [5.41, 5.74) is 7.12. The highest BCUT2D eigenvalue weighted by Gasteiger charge is 2.19. The van der Waals surface area contributed by atoms with Crippen molar-refractivity contribution in [2.75, 3.05) is 11.9 Å². The van der Waals surface area contributed by atoms with E-state index < -0.39 is 0 Å². The van der Waals surface area contributed by atoms with Gasteiger partial charge in [0.1, 0.15) is 5.00 Å². The van der Waals surface area contributed by atoms with Crippen LogP contribution in [0.5, 0.6) is 0 Å². The van der Waals surface area contributed by atoms with Crippen LogP contribution in [0.15, 0.2) is 24.3 Å². The van der Waals surface area contributed by atoms with Gasteiger partial charge < -0.3 is 11.1 Å². The molecule has 0 amide bonds. The summed E-state index contributed by atoms with van der Waals surface area (Å²) in [5.74, 6) is 0.717. The van der Waals surface area contributed by atoms with Crippen molar-refractivity contribution in [3.63, 3.8) is 0 Å². The number of anilines is 1. The highest BCUT2D eigenvalue weighted by molar-refractivity contribution is 7.11. The molecular formula is C14H19N3S. The van der Waals surface area contributed by atoms with Crippen molar-refractivity contribution in [2.24, 2.45) is 11.7 Å². The first-order valence-corrected chi connectivity index (χ1v) is 7.44. The number of nitrogens with zero attached hydrogens (tertiary/aromatic N) is 1. The second-order valence-corrected chi connectivity index (χ2v) is 5.98. The minimum absolute atomic E-state index is 0.406. The number of hydrogen-bond donors (Lipinski definition) is 2. The maximum absolute atomic E-state index is 6.03. The molecule has 1 aromatic heterocycles. The van der Waals surface area contributed by atoms with Gasteiger partial charge in [-0.05, 0) is 48.8 Å². The average Bonchev–Trinajstić information content (AvgIpc) is 2.80. The fourth-order valence-electron chi connectivity index (χ4n) is 2.77. The van der Waals surface area contributed by atoms with Gasteiger partial charge >= 0.3 is 0 Å². The number of fused-ring (bicyclic) bond motifs is 1. The normalized spacial score (nSPS) is 24.3. The molecule has 4 heteroatoms. The van der Waals surface area contributed by atoms with Gasteiger partial charge in [0.15, 0.2) is 0 Å². The Bertz CT molecular complexity index is 522. The number of nitrogens with two attached hydrogens (primary N) is 1. The molecule has 0 bridgehead atoms. The van der Waals surface area contributed by atoms with Crippen molar-refractivity contribution >= 4 is 27.4 Å². The van der Waals surface area contributed by atoms with Crippen LogP contribution in [-0.4, -0.2) is 17.0 Å². The molecule has 3 rings (SSSR count). The van der Waals surface area contributed by atoms with E-state index in [1.165, 1.54) is 29.6 Å². The Morgan fingerprint density at radius 3 is 3.11 bits per heavy atom. The summed E-state index contributed by atoms with van der Waals surface area (Å²) in [4.78, 5) is 0. The smallest absolute Gasteiger partial charge is 0.117 e. The molecule has 1 fully saturated rings. The molecule has 1 saturated carbocycles. The monoisotopic (exact) mass is 261 g/mol. The van der Waals surface area contributed by atoms with Crippen molar-refractivity contribution in [1.29, 1.82) is 0 Å². The van der Waals surface area contributed by atoms with Crippen molar-refractivity contribution in [1.82, 2.24) is 4.37 Å². The number of rotatable bonds is 3. The Labute approximate surface area is 112 Å². The van der Waals surface area contributed by atoms with E-state index in [1.54, 1.807) is 11.5 Å². The van der Waals surface area contributed by atoms with Gasteiger partial charge in [0.2, 0.25) is 0 Å². The van der Waals surface area contributed by atoms with E-state index in [9.17, 15) is 0 Å². The summed E-state index contributed by atoms with van der Waals surface area (Å²) in [7, 11) is 0. The molecule has 1 aliphatic rings. The third-order valence-electron chi connectivity index (χ3n) is 3.76. The van der Waals surface area contributed by atoms with Crippen LogP contribution < -0.4 is 11.1 Å². The van der Waals surface area contributed by atoms with Crippen molar-refractivity contribution in [3.05, 3.63) is 24.3 Å². The molecule has 0 spiro atoms. The summed E-state index contributed by atoms with van der Waals surface area (Å²) < 4.78 is 4.45. The number of aromatic nitrogens is 1. The molecule has 0 aliphatic heterocycles. The zero-order valence-corrected chi connectivity index (χ0v) is 11.2. The largest absolute Gasteiger partial charge is 0.375 e. The second-order valence-electron chi connectivity index (χ2n) is 5.20. The zero-order valence-electron chi connectivity index (χ0n) is 10.4. The van der Waals surface area contributed by atoms with E-state index >= 15 is 0 Å². The molecule has 2 atom stereocenters. The zero-order chi connectivity index (χ0) is 12.4. The van der Waals surface area contributed by atoms with Gasteiger partial charge in [-0.15, -0.1) is 0 Å². The van der Waals surface area contributed by atoms with Gasteiger partial charge in [0, 0.05) is 18.0 Å². The van der Waals surface area contributed by atoms with Crippen molar-refractivity contribution < 1.29 is 0 Å². The van der Waals surface area contributed by atoms with Crippen LogP contribution in [0.25, 0.3) is 10.9 Å². The molecule has 2 aromatic rings. The predicted octanol–water partition coefficient (Wildman–Crippen LogP) is 3.23. The highest BCUT2D eigenvalue weighted by atomic mass is 32.1. The van der Waals surface area contributed by atoms with Gasteiger partial charge in [-0.1, -0.05) is 18.6 Å². The molecule has 18 heavy (non-hydrogen) atoms. The Kier molecular flexibility index (Phi) is 3.48. The number of benzene rings is 1. The van der Waals surface area contributed by atoms with E-state index in [0.717, 1.165) is 24.4 Å². The molecule has 0 radical (unpaired) electrons. The van der Waals surface area contributed by atoms with Crippen molar-refractivity contribution in [3.8, 4) is 0 Å². The van der Waals surface area contributed by atoms with Crippen LogP contribution in [-0.2, 0) is 0 Å². The second kappa shape index (κ2) is 5.24. The fraction of sp³-hybridized carbons (Fsp3) is 0.500. The van der Waals surface area contributed by atoms with Gasteiger partial charge in [-0.25, -0.2) is 0 Å². The lowest BCUT2D eigenvalue weighted by atomic mass is 9.86. The van der Waals surface area contributed by atoms with Crippen LogP contribution in [0, 0.1) is 5.92 Å². The molecule has 3 N–H and O–H groups in total. The minimum Gasteiger partial charge on any atom is -0.375 e. The summed E-state index contributed by atoms with van der Waals surface area (Å²) in [6, 6.07) is 8.70. The Morgan fingerprint density at radius 1 is 1.33 bits per heavy atom. The molecular weight excluding hydrogens is 242 g/mol. The Morgan fingerprint density at radius 2 is 2.22 bits per heavy atom. The van der Waals surface area contributed by atoms with Crippen LogP contribution in [0.4, 0.5) is 5.00 Å². The molecule has 2 unspecified atom stereocenters. The molecule has 0 saturated heterocycles. The SMILES string of the molecule is NC1CCCC(CNc2snc3ccccc23)C1. The predicted molar refractivity (Wildman–Crippen MR) is 78.0 cm³/mol. The highest BCUT2D eigenvalue weighted by Crippen LogP contribution is 2.29. The van der Waals surface area contributed by atoms with Gasteiger partial charge in [-0.3, -0.25) is 0 Å². The van der Waals surface area contributed by atoms with Crippen LogP contribution in [0.3, 0.4) is 0 Å². The van der Waals surface area contributed by atoms with E-state index in [0.29, 0.717) is 6.04 Å². The third kappa shape index (κ3) is 2.49. The maximum atomic E-state index is 6.03. The van der Waals surface area contributed by atoms with Crippen LogP contribution in [0.2, 0.25) is 0 Å². The van der Waals surface area contributed by atoms with Crippen LogP contribution in [0.1, 0.15) is 25.7 Å².